The van der Waals surface area contributed by atoms with Gasteiger partial charge in [-0.05, 0) is 13.0 Å². The molecule has 1 spiro atoms. The fraction of sp³-hybridized carbons (Fsp3) is 0.409. The van der Waals surface area contributed by atoms with Crippen LogP contribution in [0.2, 0.25) is 0 Å². The van der Waals surface area contributed by atoms with E-state index in [2.05, 4.69) is 5.10 Å². The highest BCUT2D eigenvalue weighted by atomic mass is 16.7. The minimum absolute atomic E-state index is 0.0121. The predicted molar refractivity (Wildman–Crippen MR) is 108 cm³/mol. The van der Waals surface area contributed by atoms with Crippen LogP contribution >= 0.6 is 0 Å². The molecule has 0 atom stereocenters. The molecular weight excluding hydrogens is 368 g/mol. The molecule has 4 heterocycles. The second-order valence-electron chi connectivity index (χ2n) is 7.52. The fourth-order valence-corrected chi connectivity index (χ4v) is 4.22. The van der Waals surface area contributed by atoms with E-state index < -0.39 is 5.79 Å². The highest BCUT2D eigenvalue weighted by Crippen LogP contribution is 2.33. The molecule has 0 bridgehead atoms. The van der Waals surface area contributed by atoms with Gasteiger partial charge in [0.1, 0.15) is 0 Å². The standard InChI is InChI=1S/C22H24N4O3/c1-2-26-20-18(15-23-26)17(14-19(24-20)16-6-4-3-5-7-16)21(27)25-10-8-22(9-11-25)28-12-13-29-22/h3-7,14-15H,2,8-13H2,1H3. The second-order valence-corrected chi connectivity index (χ2v) is 7.52. The van der Waals surface area contributed by atoms with Crippen molar-refractivity contribution in [1.82, 2.24) is 19.7 Å². The smallest absolute Gasteiger partial charge is 0.254 e. The predicted octanol–water partition coefficient (Wildman–Crippen LogP) is 3.10. The number of carbonyl (C=O) groups is 1. The van der Waals surface area contributed by atoms with Gasteiger partial charge in [0.25, 0.3) is 5.91 Å². The maximum Gasteiger partial charge on any atom is 0.254 e. The molecule has 7 heteroatoms. The number of aryl methyl sites for hydroxylation is 1. The summed E-state index contributed by atoms with van der Waals surface area (Å²) in [5, 5.41) is 5.23. The van der Waals surface area contributed by atoms with Crippen LogP contribution < -0.4 is 0 Å². The maximum atomic E-state index is 13.5. The Morgan fingerprint density at radius 1 is 1.14 bits per heavy atom. The number of aromatic nitrogens is 3. The van der Waals surface area contributed by atoms with Gasteiger partial charge in [0, 0.05) is 38.0 Å². The number of fused-ring (bicyclic) bond motifs is 1. The average Bonchev–Trinajstić information content (AvgIpc) is 3.40. The van der Waals surface area contributed by atoms with Crippen molar-refractivity contribution in [1.29, 1.82) is 0 Å². The lowest BCUT2D eigenvalue weighted by Crippen LogP contribution is -2.47. The summed E-state index contributed by atoms with van der Waals surface area (Å²) in [6.45, 7) is 5.22. The zero-order chi connectivity index (χ0) is 19.8. The third-order valence-corrected chi connectivity index (χ3v) is 5.83. The molecule has 2 fully saturated rings. The third-order valence-electron chi connectivity index (χ3n) is 5.83. The maximum absolute atomic E-state index is 13.5. The Kier molecular flexibility index (Phi) is 4.56. The Bertz CT molecular complexity index is 1030. The van der Waals surface area contributed by atoms with Crippen LogP contribution in [0.3, 0.4) is 0 Å². The first-order valence-corrected chi connectivity index (χ1v) is 10.2. The monoisotopic (exact) mass is 392 g/mol. The molecule has 1 amide bonds. The molecule has 0 saturated carbocycles. The Balaban J connectivity index is 1.51. The molecule has 1 aromatic carbocycles. The first-order chi connectivity index (χ1) is 14.2. The van der Waals surface area contributed by atoms with E-state index in [9.17, 15) is 4.79 Å². The summed E-state index contributed by atoms with van der Waals surface area (Å²) >= 11 is 0. The Labute approximate surface area is 169 Å². The number of likely N-dealkylation sites (tertiary alicyclic amines) is 1. The van der Waals surface area contributed by atoms with Crippen LogP contribution in [0.4, 0.5) is 0 Å². The van der Waals surface area contributed by atoms with E-state index in [1.807, 2.05) is 52.9 Å². The van der Waals surface area contributed by atoms with Crippen molar-refractivity contribution >= 4 is 16.9 Å². The van der Waals surface area contributed by atoms with Crippen LogP contribution in [0.5, 0.6) is 0 Å². The van der Waals surface area contributed by atoms with Crippen LogP contribution in [-0.4, -0.2) is 57.7 Å². The fourth-order valence-electron chi connectivity index (χ4n) is 4.22. The van der Waals surface area contributed by atoms with E-state index in [0.717, 1.165) is 22.3 Å². The number of benzene rings is 1. The minimum atomic E-state index is -0.493. The van der Waals surface area contributed by atoms with Gasteiger partial charge in [-0.25, -0.2) is 9.67 Å². The quantitative estimate of drug-likeness (QED) is 0.685. The molecule has 29 heavy (non-hydrogen) atoms. The van der Waals surface area contributed by atoms with Crippen molar-refractivity contribution < 1.29 is 14.3 Å². The summed E-state index contributed by atoms with van der Waals surface area (Å²) in [6, 6.07) is 11.8. The number of hydrogen-bond donors (Lipinski definition) is 0. The topological polar surface area (TPSA) is 69.5 Å². The first-order valence-electron chi connectivity index (χ1n) is 10.2. The highest BCUT2D eigenvalue weighted by Gasteiger charge is 2.41. The molecule has 0 radical (unpaired) electrons. The molecule has 3 aromatic rings. The van der Waals surface area contributed by atoms with Gasteiger partial charge in [-0.1, -0.05) is 30.3 Å². The van der Waals surface area contributed by atoms with Crippen molar-refractivity contribution in [2.24, 2.45) is 0 Å². The number of pyridine rings is 1. The summed E-state index contributed by atoms with van der Waals surface area (Å²) in [5.74, 6) is -0.481. The van der Waals surface area contributed by atoms with Crippen LogP contribution in [-0.2, 0) is 16.0 Å². The molecule has 2 aliphatic heterocycles. The zero-order valence-corrected chi connectivity index (χ0v) is 16.5. The van der Waals surface area contributed by atoms with Crippen LogP contribution in [0.15, 0.2) is 42.6 Å². The van der Waals surface area contributed by atoms with Gasteiger partial charge >= 0.3 is 0 Å². The van der Waals surface area contributed by atoms with Crippen LogP contribution in [0, 0.1) is 0 Å². The van der Waals surface area contributed by atoms with Crippen molar-refractivity contribution in [3.05, 3.63) is 48.2 Å². The summed E-state index contributed by atoms with van der Waals surface area (Å²) in [4.78, 5) is 20.2. The lowest BCUT2D eigenvalue weighted by Gasteiger charge is -2.37. The summed E-state index contributed by atoms with van der Waals surface area (Å²) in [7, 11) is 0. The molecule has 7 nitrogen and oxygen atoms in total. The minimum Gasteiger partial charge on any atom is -0.347 e. The van der Waals surface area contributed by atoms with Crippen molar-refractivity contribution in [2.75, 3.05) is 26.3 Å². The number of piperidine rings is 1. The summed E-state index contributed by atoms with van der Waals surface area (Å²) < 4.78 is 13.4. The first kappa shape index (κ1) is 18.3. The van der Waals surface area contributed by atoms with E-state index in [-0.39, 0.29) is 5.91 Å². The Morgan fingerprint density at radius 2 is 1.86 bits per heavy atom. The lowest BCUT2D eigenvalue weighted by atomic mass is 10.0. The third kappa shape index (κ3) is 3.20. The Morgan fingerprint density at radius 3 is 2.55 bits per heavy atom. The van der Waals surface area contributed by atoms with E-state index in [1.54, 1.807) is 6.20 Å². The molecule has 0 N–H and O–H groups in total. The van der Waals surface area contributed by atoms with Crippen molar-refractivity contribution in [3.63, 3.8) is 0 Å². The molecular formula is C22H24N4O3. The molecule has 2 aliphatic rings. The SMILES string of the molecule is CCn1ncc2c(C(=O)N3CCC4(CC3)OCCO4)cc(-c3ccccc3)nc21. The molecule has 150 valence electrons. The Hall–Kier alpha value is -2.77. The number of carbonyl (C=O) groups excluding carboxylic acids is 1. The molecule has 0 aliphatic carbocycles. The van der Waals surface area contributed by atoms with E-state index in [0.29, 0.717) is 51.3 Å². The largest absolute Gasteiger partial charge is 0.347 e. The van der Waals surface area contributed by atoms with Gasteiger partial charge in [0.05, 0.1) is 36.1 Å². The number of nitrogens with zero attached hydrogens (tertiary/aromatic N) is 4. The highest BCUT2D eigenvalue weighted by molar-refractivity contribution is 6.06. The molecule has 2 saturated heterocycles. The molecule has 0 unspecified atom stereocenters. The normalized spacial score (nSPS) is 18.6. The van der Waals surface area contributed by atoms with Gasteiger partial charge in [0.15, 0.2) is 11.4 Å². The van der Waals surface area contributed by atoms with E-state index in [4.69, 9.17) is 14.5 Å². The van der Waals surface area contributed by atoms with Gasteiger partial charge in [0.2, 0.25) is 0 Å². The van der Waals surface area contributed by atoms with Gasteiger partial charge in [-0.3, -0.25) is 4.79 Å². The zero-order valence-electron chi connectivity index (χ0n) is 16.5. The summed E-state index contributed by atoms with van der Waals surface area (Å²) in [6.07, 6.45) is 3.15. The van der Waals surface area contributed by atoms with Crippen molar-refractivity contribution in [3.8, 4) is 11.3 Å². The van der Waals surface area contributed by atoms with Gasteiger partial charge in [-0.2, -0.15) is 5.10 Å². The van der Waals surface area contributed by atoms with Gasteiger partial charge in [-0.15, -0.1) is 0 Å². The number of rotatable bonds is 3. The number of amides is 1. The molecule has 2 aromatic heterocycles. The van der Waals surface area contributed by atoms with Crippen molar-refractivity contribution in [2.45, 2.75) is 32.1 Å². The molecule has 5 rings (SSSR count). The van der Waals surface area contributed by atoms with Crippen LogP contribution in [0.25, 0.3) is 22.3 Å². The van der Waals surface area contributed by atoms with E-state index in [1.165, 1.54) is 0 Å². The average molecular weight is 392 g/mol. The van der Waals surface area contributed by atoms with Crippen LogP contribution in [0.1, 0.15) is 30.1 Å². The lowest BCUT2D eigenvalue weighted by molar-refractivity contribution is -0.181. The second kappa shape index (κ2) is 7.24. The van der Waals surface area contributed by atoms with Gasteiger partial charge < -0.3 is 14.4 Å². The van der Waals surface area contributed by atoms with E-state index >= 15 is 0 Å². The number of hydrogen-bond acceptors (Lipinski definition) is 5. The number of ether oxygens (including phenoxy) is 2. The summed E-state index contributed by atoms with van der Waals surface area (Å²) in [5.41, 5.74) is 3.16.